The van der Waals surface area contributed by atoms with Gasteiger partial charge in [0.05, 0.1) is 12.0 Å². The third-order valence-corrected chi connectivity index (χ3v) is 1.76. The summed E-state index contributed by atoms with van der Waals surface area (Å²) in [4.78, 5) is 21.8. The molecule has 14 heavy (non-hydrogen) atoms. The molecular weight excluding hydrogens is 184 g/mol. The van der Waals surface area contributed by atoms with Gasteiger partial charge in [-0.05, 0) is 19.3 Å². The molecule has 82 valence electrons. The summed E-state index contributed by atoms with van der Waals surface area (Å²) in [6.45, 7) is 5.38. The fourth-order valence-electron chi connectivity index (χ4n) is 0.999. The van der Waals surface area contributed by atoms with Crippen LogP contribution >= 0.6 is 0 Å². The number of carboxylic acids is 1. The van der Waals surface area contributed by atoms with Crippen LogP contribution in [0.4, 0.5) is 0 Å². The second-order valence-corrected chi connectivity index (χ2v) is 3.91. The van der Waals surface area contributed by atoms with Crippen LogP contribution in [0.3, 0.4) is 0 Å². The van der Waals surface area contributed by atoms with Gasteiger partial charge >= 0.3 is 0 Å². The van der Waals surface area contributed by atoms with Crippen LogP contribution in [0.5, 0.6) is 0 Å². The number of amides is 1. The quantitative estimate of drug-likeness (QED) is 0.534. The summed E-state index contributed by atoms with van der Waals surface area (Å²) in [5.74, 6) is -1.41. The normalized spacial score (nSPS) is 14.9. The van der Waals surface area contributed by atoms with Crippen LogP contribution in [0.15, 0.2) is 0 Å². The monoisotopic (exact) mass is 202 g/mol. The lowest BCUT2D eigenvalue weighted by Crippen LogP contribution is -2.67. The average molecular weight is 202 g/mol. The van der Waals surface area contributed by atoms with Crippen LogP contribution in [0.2, 0.25) is 0 Å². The molecule has 0 spiro atoms. The summed E-state index contributed by atoms with van der Waals surface area (Å²) in [5.41, 5.74) is 3.50. The van der Waals surface area contributed by atoms with E-state index in [0.29, 0.717) is 6.42 Å². The topological polar surface area (TPSA) is 96.9 Å². The largest absolute Gasteiger partial charge is 0.548 e. The Morgan fingerprint density at radius 3 is 2.14 bits per heavy atom. The molecule has 0 saturated carbocycles. The van der Waals surface area contributed by atoms with Crippen molar-refractivity contribution in [3.8, 4) is 0 Å². The van der Waals surface area contributed by atoms with Crippen LogP contribution < -0.4 is 16.2 Å². The molecule has 5 heteroatoms. The third-order valence-electron chi connectivity index (χ3n) is 1.76. The Balaban J connectivity index is 4.23. The first kappa shape index (κ1) is 12.9. The zero-order chi connectivity index (χ0) is 11.3. The fourth-order valence-corrected chi connectivity index (χ4v) is 0.999. The van der Waals surface area contributed by atoms with Gasteiger partial charge in [-0.15, -0.1) is 0 Å². The minimum atomic E-state index is -1.24. The van der Waals surface area contributed by atoms with Gasteiger partial charge in [0.1, 0.15) is 0 Å². The lowest BCUT2D eigenvalue weighted by molar-refractivity contribution is -0.398. The van der Waals surface area contributed by atoms with Crippen LogP contribution in [0, 0.1) is 5.92 Å². The number of carboxylic acid groups (broad SMARTS) is 1. The van der Waals surface area contributed by atoms with E-state index in [0.717, 1.165) is 0 Å². The van der Waals surface area contributed by atoms with Gasteiger partial charge in [0, 0.05) is 0 Å². The first-order valence-corrected chi connectivity index (χ1v) is 4.69. The van der Waals surface area contributed by atoms with E-state index in [9.17, 15) is 14.7 Å². The van der Waals surface area contributed by atoms with Crippen LogP contribution in [-0.4, -0.2) is 24.0 Å². The Morgan fingerprint density at radius 1 is 1.36 bits per heavy atom. The van der Waals surface area contributed by atoms with E-state index in [1.54, 1.807) is 6.92 Å². The average Bonchev–Trinajstić information content (AvgIpc) is 2.01. The standard InChI is InChI=1S/C9H18N2O3/c1-5(2)4-7(9(13)14)11-8(12)6(3)10/h5-7H,4,10H2,1-3H3,(H,11,12)(H,13,14)/t6-,7+/m0/s1. The summed E-state index contributed by atoms with van der Waals surface area (Å²) in [6.07, 6.45) is 0.376. The van der Waals surface area contributed by atoms with Crippen molar-refractivity contribution in [1.29, 1.82) is 0 Å². The van der Waals surface area contributed by atoms with Gasteiger partial charge < -0.3 is 21.0 Å². The number of rotatable bonds is 5. The summed E-state index contributed by atoms with van der Waals surface area (Å²) in [6, 6.07) is -1.37. The molecule has 0 bridgehead atoms. The van der Waals surface area contributed by atoms with Crippen LogP contribution in [0.1, 0.15) is 27.2 Å². The van der Waals surface area contributed by atoms with Crippen molar-refractivity contribution < 1.29 is 20.4 Å². The number of carbonyl (C=O) groups excluding carboxylic acids is 2. The maximum atomic E-state index is 11.2. The lowest BCUT2D eigenvalue weighted by Gasteiger charge is -2.21. The molecule has 5 nitrogen and oxygen atoms in total. The molecule has 0 unspecified atom stereocenters. The van der Waals surface area contributed by atoms with Crippen molar-refractivity contribution in [3.05, 3.63) is 0 Å². The fraction of sp³-hybridized carbons (Fsp3) is 0.778. The number of carbonyl (C=O) groups is 2. The zero-order valence-electron chi connectivity index (χ0n) is 8.87. The molecule has 0 saturated heterocycles. The molecule has 0 rings (SSSR count). The highest BCUT2D eigenvalue weighted by Crippen LogP contribution is 2.03. The van der Waals surface area contributed by atoms with Gasteiger partial charge in [-0.3, -0.25) is 4.79 Å². The Morgan fingerprint density at radius 2 is 1.86 bits per heavy atom. The summed E-state index contributed by atoms with van der Waals surface area (Å²) < 4.78 is 0. The molecule has 0 aliphatic carbocycles. The minimum absolute atomic E-state index is 0.193. The summed E-state index contributed by atoms with van der Waals surface area (Å²) in [5, 5.41) is 13.0. The highest BCUT2D eigenvalue weighted by Gasteiger charge is 2.18. The van der Waals surface area contributed by atoms with E-state index in [1.165, 1.54) is 0 Å². The molecule has 2 atom stereocenters. The van der Waals surface area contributed by atoms with E-state index in [1.807, 2.05) is 13.8 Å². The van der Waals surface area contributed by atoms with Crippen molar-refractivity contribution in [2.24, 2.45) is 5.92 Å². The molecular formula is C9H18N2O3. The van der Waals surface area contributed by atoms with Crippen LogP contribution in [0.25, 0.3) is 0 Å². The van der Waals surface area contributed by atoms with Gasteiger partial charge in [-0.1, -0.05) is 13.8 Å². The van der Waals surface area contributed by atoms with E-state index in [4.69, 9.17) is 0 Å². The Bertz CT molecular complexity index is 214. The molecule has 1 amide bonds. The van der Waals surface area contributed by atoms with Crippen molar-refractivity contribution in [1.82, 2.24) is 5.32 Å². The van der Waals surface area contributed by atoms with E-state index in [2.05, 4.69) is 11.1 Å². The van der Waals surface area contributed by atoms with Crippen molar-refractivity contribution in [3.63, 3.8) is 0 Å². The van der Waals surface area contributed by atoms with Gasteiger partial charge in [-0.25, -0.2) is 0 Å². The number of quaternary nitrogens is 1. The molecule has 0 aliphatic heterocycles. The summed E-state index contributed by atoms with van der Waals surface area (Å²) in [7, 11) is 0. The van der Waals surface area contributed by atoms with Gasteiger partial charge in [0.2, 0.25) is 0 Å². The SMILES string of the molecule is CC(C)C[C@@H](NC(=O)[C@H](C)[NH3+])C(=O)[O-]. The number of hydrogen-bond donors (Lipinski definition) is 2. The van der Waals surface area contributed by atoms with E-state index >= 15 is 0 Å². The highest BCUT2D eigenvalue weighted by atomic mass is 16.4. The van der Waals surface area contributed by atoms with Gasteiger partial charge in [0.25, 0.3) is 5.91 Å². The van der Waals surface area contributed by atoms with Gasteiger partial charge in [-0.2, -0.15) is 0 Å². The predicted octanol–water partition coefficient (Wildman–Crippen LogP) is -2.10. The van der Waals surface area contributed by atoms with Gasteiger partial charge in [0.15, 0.2) is 6.04 Å². The molecule has 0 heterocycles. The second kappa shape index (κ2) is 5.59. The molecule has 0 radical (unpaired) electrons. The maximum Gasteiger partial charge on any atom is 0.278 e. The molecule has 4 N–H and O–H groups in total. The Kier molecular flexibility index (Phi) is 5.15. The predicted molar refractivity (Wildman–Crippen MR) is 48.7 cm³/mol. The number of hydrogen-bond acceptors (Lipinski definition) is 3. The Labute approximate surface area is 83.7 Å². The lowest BCUT2D eigenvalue weighted by atomic mass is 10.0. The highest BCUT2D eigenvalue weighted by molar-refractivity contribution is 5.84. The minimum Gasteiger partial charge on any atom is -0.548 e. The maximum absolute atomic E-state index is 11.2. The van der Waals surface area contributed by atoms with Crippen molar-refractivity contribution in [2.75, 3.05) is 0 Å². The van der Waals surface area contributed by atoms with Crippen molar-refractivity contribution in [2.45, 2.75) is 39.3 Å². The first-order chi connectivity index (χ1) is 6.34. The Hall–Kier alpha value is -1.10. The zero-order valence-corrected chi connectivity index (χ0v) is 8.87. The molecule has 0 aromatic heterocycles. The molecule has 0 fully saturated rings. The van der Waals surface area contributed by atoms with E-state index in [-0.39, 0.29) is 11.8 Å². The first-order valence-electron chi connectivity index (χ1n) is 4.69. The number of nitrogens with one attached hydrogen (secondary N) is 1. The molecule has 0 aromatic carbocycles. The second-order valence-electron chi connectivity index (χ2n) is 3.91. The third kappa shape index (κ3) is 4.81. The van der Waals surface area contributed by atoms with Crippen molar-refractivity contribution >= 4 is 11.9 Å². The molecule has 0 aliphatic rings. The molecule has 0 aromatic rings. The summed E-state index contributed by atoms with van der Waals surface area (Å²) >= 11 is 0. The van der Waals surface area contributed by atoms with E-state index < -0.39 is 18.1 Å². The van der Waals surface area contributed by atoms with Crippen LogP contribution in [-0.2, 0) is 9.59 Å². The number of aliphatic carboxylic acids is 1. The smallest absolute Gasteiger partial charge is 0.278 e.